The molecule has 0 saturated carbocycles. The third kappa shape index (κ3) is 2.41. The SMILES string of the molecule is COC(=O)c1ccc2[nH]c(=O)c3c[c-]ccc3c2c1.[Y]. The van der Waals surface area contributed by atoms with Crippen molar-refractivity contribution in [3.63, 3.8) is 0 Å². The first kappa shape index (κ1) is 14.9. The van der Waals surface area contributed by atoms with Gasteiger partial charge in [-0.05, 0) is 23.6 Å². The Morgan fingerprint density at radius 2 is 2.00 bits per heavy atom. The van der Waals surface area contributed by atoms with Crippen LogP contribution >= 0.6 is 0 Å². The molecule has 20 heavy (non-hydrogen) atoms. The maximum absolute atomic E-state index is 11.9. The Labute approximate surface area is 140 Å². The zero-order valence-corrected chi connectivity index (χ0v) is 13.6. The smallest absolute Gasteiger partial charge is 0.337 e. The van der Waals surface area contributed by atoms with E-state index in [-0.39, 0.29) is 38.3 Å². The normalized spacial score (nSPS) is 10.2. The maximum atomic E-state index is 11.9. The second-order valence-electron chi connectivity index (χ2n) is 4.18. The van der Waals surface area contributed by atoms with Crippen LogP contribution in [-0.2, 0) is 37.4 Å². The molecule has 0 bridgehead atoms. The number of pyridine rings is 1. The molecule has 3 aromatic rings. The molecule has 1 radical (unpaired) electrons. The third-order valence-electron chi connectivity index (χ3n) is 3.09. The summed E-state index contributed by atoms with van der Waals surface area (Å²) in [6.07, 6.45) is 0. The van der Waals surface area contributed by atoms with Gasteiger partial charge in [0.2, 0.25) is 0 Å². The Balaban J connectivity index is 0.00000147. The second kappa shape index (κ2) is 5.86. The number of esters is 1. The average molecular weight is 341 g/mol. The Morgan fingerprint density at radius 3 is 2.75 bits per heavy atom. The van der Waals surface area contributed by atoms with Crippen molar-refractivity contribution in [2.75, 3.05) is 7.11 Å². The zero-order valence-electron chi connectivity index (χ0n) is 10.8. The van der Waals surface area contributed by atoms with E-state index in [1.54, 1.807) is 30.3 Å². The number of methoxy groups -OCH3 is 1. The number of aromatic amines is 1. The van der Waals surface area contributed by atoms with E-state index in [0.29, 0.717) is 16.5 Å². The van der Waals surface area contributed by atoms with Gasteiger partial charge in [-0.25, -0.2) is 4.79 Å². The molecule has 97 valence electrons. The van der Waals surface area contributed by atoms with Crippen LogP contribution in [0.5, 0.6) is 0 Å². The quantitative estimate of drug-likeness (QED) is 0.420. The minimum Gasteiger partial charge on any atom is -0.465 e. The van der Waals surface area contributed by atoms with Crippen molar-refractivity contribution in [3.8, 4) is 0 Å². The molecular formula is C15H10NO3Y-. The van der Waals surface area contributed by atoms with Crippen LogP contribution in [0.1, 0.15) is 10.4 Å². The first-order valence-electron chi connectivity index (χ1n) is 5.75. The molecule has 0 aliphatic carbocycles. The summed E-state index contributed by atoms with van der Waals surface area (Å²) in [5, 5.41) is 2.16. The molecule has 4 nitrogen and oxygen atoms in total. The van der Waals surface area contributed by atoms with Crippen molar-refractivity contribution in [2.24, 2.45) is 0 Å². The van der Waals surface area contributed by atoms with Gasteiger partial charge in [0.25, 0.3) is 0 Å². The van der Waals surface area contributed by atoms with E-state index >= 15 is 0 Å². The van der Waals surface area contributed by atoms with Crippen LogP contribution in [-0.4, -0.2) is 18.1 Å². The zero-order chi connectivity index (χ0) is 13.4. The summed E-state index contributed by atoms with van der Waals surface area (Å²) in [5.41, 5.74) is 0.984. The van der Waals surface area contributed by atoms with Crippen molar-refractivity contribution in [1.82, 2.24) is 4.98 Å². The van der Waals surface area contributed by atoms with Crippen LogP contribution in [0.3, 0.4) is 0 Å². The van der Waals surface area contributed by atoms with Gasteiger partial charge in [-0.2, -0.15) is 24.3 Å². The molecule has 0 fully saturated rings. The molecule has 5 heteroatoms. The monoisotopic (exact) mass is 341 g/mol. The van der Waals surface area contributed by atoms with E-state index in [9.17, 15) is 9.59 Å². The van der Waals surface area contributed by atoms with Gasteiger partial charge in [0.05, 0.1) is 12.7 Å². The minimum atomic E-state index is -0.399. The molecule has 0 saturated heterocycles. The van der Waals surface area contributed by atoms with Crippen molar-refractivity contribution >= 4 is 27.6 Å². The van der Waals surface area contributed by atoms with Crippen LogP contribution in [0.15, 0.2) is 41.2 Å². The van der Waals surface area contributed by atoms with Crippen molar-refractivity contribution in [1.29, 1.82) is 0 Å². The van der Waals surface area contributed by atoms with E-state index in [0.717, 1.165) is 10.8 Å². The number of ether oxygens (including phenoxy) is 1. The van der Waals surface area contributed by atoms with Gasteiger partial charge in [0.15, 0.2) is 5.56 Å². The van der Waals surface area contributed by atoms with Crippen molar-refractivity contribution in [3.05, 3.63) is 58.4 Å². The standard InChI is InChI=1S/C15H10NO3.Y/c1-19-15(18)9-6-7-13-12(8-9)10-4-2-3-5-11(10)14(17)16-13;/h2,4-8H,1H3,(H,16,17);/q-1;. The van der Waals surface area contributed by atoms with E-state index in [1.165, 1.54) is 7.11 Å². The number of hydrogen-bond donors (Lipinski definition) is 1. The predicted molar refractivity (Wildman–Crippen MR) is 72.3 cm³/mol. The number of fused-ring (bicyclic) bond motifs is 3. The average Bonchev–Trinajstić information content (AvgIpc) is 2.46. The molecular weight excluding hydrogens is 331 g/mol. The molecule has 0 aliphatic rings. The van der Waals surface area contributed by atoms with Gasteiger partial charge in [0.1, 0.15) is 0 Å². The molecule has 2 aromatic carbocycles. The first-order chi connectivity index (χ1) is 9.20. The number of nitrogens with one attached hydrogen (secondary N) is 1. The van der Waals surface area contributed by atoms with Gasteiger partial charge < -0.3 is 9.72 Å². The fraction of sp³-hybridized carbons (Fsp3) is 0.0667. The first-order valence-corrected chi connectivity index (χ1v) is 5.75. The van der Waals surface area contributed by atoms with Crippen LogP contribution in [0.25, 0.3) is 21.7 Å². The van der Waals surface area contributed by atoms with E-state index in [2.05, 4.69) is 11.1 Å². The van der Waals surface area contributed by atoms with Crippen molar-refractivity contribution < 1.29 is 42.2 Å². The Bertz CT molecular complexity index is 854. The van der Waals surface area contributed by atoms with E-state index in [4.69, 9.17) is 4.74 Å². The number of rotatable bonds is 1. The number of aromatic nitrogens is 1. The van der Waals surface area contributed by atoms with Gasteiger partial charge in [-0.1, -0.05) is 5.39 Å². The number of benzene rings is 2. The molecule has 0 unspecified atom stereocenters. The Morgan fingerprint density at radius 1 is 1.20 bits per heavy atom. The topological polar surface area (TPSA) is 59.2 Å². The summed E-state index contributed by atoms with van der Waals surface area (Å²) < 4.78 is 4.70. The number of carbonyl (C=O) groups is 1. The largest absolute Gasteiger partial charge is 0.465 e. The predicted octanol–water partition coefficient (Wildman–Crippen LogP) is 2.27. The van der Waals surface area contributed by atoms with Gasteiger partial charge in [-0.3, -0.25) is 4.79 Å². The summed E-state index contributed by atoms with van der Waals surface area (Å²) >= 11 is 0. The number of H-pyrrole nitrogens is 1. The van der Waals surface area contributed by atoms with Crippen molar-refractivity contribution in [2.45, 2.75) is 0 Å². The molecule has 0 amide bonds. The van der Waals surface area contributed by atoms with Gasteiger partial charge >= 0.3 is 5.97 Å². The fourth-order valence-corrected chi connectivity index (χ4v) is 2.16. The molecule has 0 atom stereocenters. The summed E-state index contributed by atoms with van der Waals surface area (Å²) in [4.78, 5) is 26.2. The summed E-state index contributed by atoms with van der Waals surface area (Å²) in [5.74, 6) is -0.399. The molecule has 1 aromatic heterocycles. The molecule has 1 N–H and O–H groups in total. The number of carbonyl (C=O) groups excluding carboxylic acids is 1. The summed E-state index contributed by atoms with van der Waals surface area (Å²) in [7, 11) is 1.34. The summed E-state index contributed by atoms with van der Waals surface area (Å²) in [6.45, 7) is 0. The second-order valence-corrected chi connectivity index (χ2v) is 4.18. The van der Waals surface area contributed by atoms with E-state index in [1.807, 2.05) is 6.07 Å². The van der Waals surface area contributed by atoms with Crippen LogP contribution in [0, 0.1) is 6.07 Å². The fourth-order valence-electron chi connectivity index (χ4n) is 2.16. The molecule has 1 heterocycles. The van der Waals surface area contributed by atoms with Crippen LogP contribution < -0.4 is 5.56 Å². The summed E-state index contributed by atoms with van der Waals surface area (Å²) in [6, 6.07) is 13.1. The van der Waals surface area contributed by atoms with E-state index < -0.39 is 5.97 Å². The molecule has 0 aliphatic heterocycles. The van der Waals surface area contributed by atoms with Gasteiger partial charge in [-0.15, -0.1) is 5.39 Å². The molecule has 0 spiro atoms. The Hall–Kier alpha value is -1.52. The number of hydrogen-bond acceptors (Lipinski definition) is 3. The third-order valence-corrected chi connectivity index (χ3v) is 3.09. The Kier molecular flexibility index (Phi) is 4.36. The van der Waals surface area contributed by atoms with Crippen LogP contribution in [0.4, 0.5) is 0 Å². The molecule has 3 rings (SSSR count). The minimum absolute atomic E-state index is 0. The van der Waals surface area contributed by atoms with Crippen LogP contribution in [0.2, 0.25) is 0 Å². The van der Waals surface area contributed by atoms with Gasteiger partial charge in [0, 0.05) is 38.2 Å². The maximum Gasteiger partial charge on any atom is 0.337 e.